The molecule has 1 aromatic heterocycles. The fourth-order valence-corrected chi connectivity index (χ4v) is 4.58. The lowest BCUT2D eigenvalue weighted by Gasteiger charge is -2.35. The number of para-hydroxylation sites is 1. The van der Waals surface area contributed by atoms with Crippen LogP contribution in [0.5, 0.6) is 5.75 Å². The maximum Gasteiger partial charge on any atom is 0.409 e. The minimum Gasteiger partial charge on any atom is -0.496 e. The molecule has 2 aromatic carbocycles. The fraction of sp³-hybridized carbons (Fsp3) is 0.333. The van der Waals surface area contributed by atoms with Gasteiger partial charge in [-0.3, -0.25) is 14.4 Å². The number of piperazine rings is 1. The first-order chi connectivity index (χ1) is 20.3. The number of carboxylic acid groups (broad SMARTS) is 1. The van der Waals surface area contributed by atoms with Crippen LogP contribution in [0.15, 0.2) is 60.7 Å². The Bertz CT molecular complexity index is 1420. The summed E-state index contributed by atoms with van der Waals surface area (Å²) in [5.41, 5.74) is 1.77. The number of hydrogen-bond acceptors (Lipinski definition) is 8. The molecule has 2 N–H and O–H groups in total. The van der Waals surface area contributed by atoms with E-state index in [-0.39, 0.29) is 51.3 Å². The van der Waals surface area contributed by atoms with E-state index >= 15 is 0 Å². The quantitative estimate of drug-likeness (QED) is 0.372. The third-order valence-electron chi connectivity index (χ3n) is 6.74. The number of nitrogens with one attached hydrogen (secondary N) is 1. The number of carboxylic acids is 1. The van der Waals surface area contributed by atoms with Crippen LogP contribution in [0.3, 0.4) is 0 Å². The second-order valence-corrected chi connectivity index (χ2v) is 9.50. The molecule has 220 valence electrons. The highest BCUT2D eigenvalue weighted by atomic mass is 16.6. The molecule has 3 amide bonds. The molecule has 1 aliphatic rings. The van der Waals surface area contributed by atoms with Crippen LogP contribution in [0.4, 0.5) is 4.79 Å². The monoisotopic (exact) mass is 575 g/mol. The van der Waals surface area contributed by atoms with Gasteiger partial charge in [0.15, 0.2) is 5.82 Å². The molecule has 0 aliphatic carbocycles. The zero-order valence-corrected chi connectivity index (χ0v) is 23.5. The van der Waals surface area contributed by atoms with Crippen molar-refractivity contribution in [3.8, 4) is 28.4 Å². The molecule has 0 saturated carbocycles. The van der Waals surface area contributed by atoms with Crippen molar-refractivity contribution in [1.82, 2.24) is 25.1 Å². The van der Waals surface area contributed by atoms with Crippen LogP contribution in [0.2, 0.25) is 0 Å². The summed E-state index contributed by atoms with van der Waals surface area (Å²) < 4.78 is 10.5. The Labute approximate surface area is 243 Å². The number of amides is 3. The van der Waals surface area contributed by atoms with Crippen LogP contribution >= 0.6 is 0 Å². The molecule has 42 heavy (non-hydrogen) atoms. The second-order valence-electron chi connectivity index (χ2n) is 9.50. The summed E-state index contributed by atoms with van der Waals surface area (Å²) in [6.45, 7) is 2.93. The standard InChI is InChI=1S/C30H33N5O7/c1-3-42-30(40)35-17-15-34(16-18-35)29(39)22(13-14-26(36)37)33-28(38)24-19-23(21-11-7-8-12-25(21)41-2)31-27(32-24)20-9-5-4-6-10-20/h4-12,19,22H,3,13-18H2,1-2H3,(H,33,38)(H,36,37)/t22-/m0/s1. The number of hydrogen-bond donors (Lipinski definition) is 2. The van der Waals surface area contributed by atoms with E-state index in [0.717, 1.165) is 0 Å². The van der Waals surface area contributed by atoms with E-state index in [4.69, 9.17) is 9.47 Å². The molecule has 1 fully saturated rings. The normalized spacial score (nSPS) is 13.7. The van der Waals surface area contributed by atoms with Gasteiger partial charge in [-0.05, 0) is 31.5 Å². The fourth-order valence-electron chi connectivity index (χ4n) is 4.58. The molecule has 0 spiro atoms. The van der Waals surface area contributed by atoms with Crippen LogP contribution in [0, 0.1) is 0 Å². The van der Waals surface area contributed by atoms with Crippen LogP contribution in [0.25, 0.3) is 22.6 Å². The van der Waals surface area contributed by atoms with Gasteiger partial charge in [0.2, 0.25) is 5.91 Å². The molecule has 1 atom stereocenters. The number of methoxy groups -OCH3 is 1. The van der Waals surface area contributed by atoms with Crippen molar-refractivity contribution >= 4 is 23.9 Å². The molecular formula is C30H33N5O7. The van der Waals surface area contributed by atoms with E-state index < -0.39 is 29.9 Å². The van der Waals surface area contributed by atoms with Crippen molar-refractivity contribution in [3.05, 3.63) is 66.4 Å². The van der Waals surface area contributed by atoms with Gasteiger partial charge in [-0.15, -0.1) is 0 Å². The van der Waals surface area contributed by atoms with Gasteiger partial charge in [-0.1, -0.05) is 42.5 Å². The average molecular weight is 576 g/mol. The number of ether oxygens (including phenoxy) is 2. The van der Waals surface area contributed by atoms with E-state index in [9.17, 15) is 24.3 Å². The summed E-state index contributed by atoms with van der Waals surface area (Å²) in [5, 5.41) is 12.0. The van der Waals surface area contributed by atoms with E-state index in [2.05, 4.69) is 15.3 Å². The molecule has 0 bridgehead atoms. The topological polar surface area (TPSA) is 151 Å². The van der Waals surface area contributed by atoms with Crippen molar-refractivity contribution in [3.63, 3.8) is 0 Å². The lowest BCUT2D eigenvalue weighted by molar-refractivity contribution is -0.138. The first kappa shape index (κ1) is 30.0. The van der Waals surface area contributed by atoms with Crippen molar-refractivity contribution in [2.24, 2.45) is 0 Å². The summed E-state index contributed by atoms with van der Waals surface area (Å²) in [4.78, 5) is 62.7. The van der Waals surface area contributed by atoms with Crippen LogP contribution in [-0.4, -0.2) is 94.7 Å². The third-order valence-corrected chi connectivity index (χ3v) is 6.74. The summed E-state index contributed by atoms with van der Waals surface area (Å²) in [6.07, 6.45) is -0.900. The average Bonchev–Trinajstić information content (AvgIpc) is 3.02. The number of aromatic nitrogens is 2. The molecule has 3 aromatic rings. The molecule has 4 rings (SSSR count). The van der Waals surface area contributed by atoms with Gasteiger partial charge >= 0.3 is 12.1 Å². The van der Waals surface area contributed by atoms with Crippen molar-refractivity contribution in [2.75, 3.05) is 39.9 Å². The Morgan fingerprint density at radius 3 is 2.29 bits per heavy atom. The second kappa shape index (κ2) is 14.1. The Morgan fingerprint density at radius 2 is 1.62 bits per heavy atom. The van der Waals surface area contributed by atoms with E-state index in [1.54, 1.807) is 13.0 Å². The van der Waals surface area contributed by atoms with Crippen LogP contribution < -0.4 is 10.1 Å². The summed E-state index contributed by atoms with van der Waals surface area (Å²) >= 11 is 0. The van der Waals surface area contributed by atoms with Crippen molar-refractivity contribution in [1.29, 1.82) is 0 Å². The van der Waals surface area contributed by atoms with E-state index in [1.165, 1.54) is 23.0 Å². The number of nitrogens with zero attached hydrogens (tertiary/aromatic N) is 4. The molecule has 1 saturated heterocycles. The first-order valence-corrected chi connectivity index (χ1v) is 13.6. The highest BCUT2D eigenvalue weighted by molar-refractivity contribution is 5.97. The van der Waals surface area contributed by atoms with Gasteiger partial charge in [0.05, 0.1) is 19.4 Å². The lowest BCUT2D eigenvalue weighted by Crippen LogP contribution is -2.56. The minimum atomic E-state index is -1.12. The van der Waals surface area contributed by atoms with Gasteiger partial charge in [0.1, 0.15) is 17.5 Å². The summed E-state index contributed by atoms with van der Waals surface area (Å²) in [7, 11) is 1.54. The predicted octanol–water partition coefficient (Wildman–Crippen LogP) is 3.08. The zero-order chi connectivity index (χ0) is 30.1. The summed E-state index contributed by atoms with van der Waals surface area (Å²) in [6, 6.07) is 16.8. The maximum absolute atomic E-state index is 13.6. The minimum absolute atomic E-state index is 0.00464. The Hall–Kier alpha value is -5.00. The van der Waals surface area contributed by atoms with Gasteiger partial charge in [0.25, 0.3) is 5.91 Å². The molecule has 0 unspecified atom stereocenters. The molecule has 2 heterocycles. The third kappa shape index (κ3) is 7.39. The number of rotatable bonds is 10. The van der Waals surface area contributed by atoms with Gasteiger partial charge in [-0.2, -0.15) is 0 Å². The number of carbonyl (C=O) groups excluding carboxylic acids is 3. The number of benzene rings is 2. The number of carbonyl (C=O) groups is 4. The smallest absolute Gasteiger partial charge is 0.409 e. The Kier molecular flexibility index (Phi) is 10.0. The van der Waals surface area contributed by atoms with Crippen LogP contribution in [-0.2, 0) is 14.3 Å². The molecule has 0 radical (unpaired) electrons. The Balaban J connectivity index is 1.61. The highest BCUT2D eigenvalue weighted by Crippen LogP contribution is 2.30. The number of aliphatic carboxylic acids is 1. The van der Waals surface area contributed by atoms with Gasteiger partial charge in [-0.25, -0.2) is 14.8 Å². The van der Waals surface area contributed by atoms with E-state index in [1.807, 2.05) is 48.5 Å². The SMILES string of the molecule is CCOC(=O)N1CCN(C(=O)[C@H](CCC(=O)O)NC(=O)c2cc(-c3ccccc3OC)nc(-c3ccccc3)n2)CC1. The van der Waals surface area contributed by atoms with E-state index in [0.29, 0.717) is 28.4 Å². The molecule has 1 aliphatic heterocycles. The zero-order valence-electron chi connectivity index (χ0n) is 23.5. The largest absolute Gasteiger partial charge is 0.496 e. The van der Waals surface area contributed by atoms with Gasteiger partial charge in [0, 0.05) is 43.7 Å². The molecular weight excluding hydrogens is 542 g/mol. The highest BCUT2D eigenvalue weighted by Gasteiger charge is 2.31. The predicted molar refractivity (Wildman–Crippen MR) is 153 cm³/mol. The molecule has 12 nitrogen and oxygen atoms in total. The molecule has 12 heteroatoms. The van der Waals surface area contributed by atoms with Gasteiger partial charge < -0.3 is 29.7 Å². The maximum atomic E-state index is 13.6. The van der Waals surface area contributed by atoms with Crippen molar-refractivity contribution in [2.45, 2.75) is 25.8 Å². The van der Waals surface area contributed by atoms with Crippen molar-refractivity contribution < 1.29 is 33.8 Å². The Morgan fingerprint density at radius 1 is 0.952 bits per heavy atom. The lowest BCUT2D eigenvalue weighted by atomic mass is 10.1. The summed E-state index contributed by atoms with van der Waals surface area (Å²) in [5.74, 6) is -1.33. The van der Waals surface area contributed by atoms with Crippen LogP contribution in [0.1, 0.15) is 30.3 Å². The first-order valence-electron chi connectivity index (χ1n) is 13.6.